The number of halogens is 1. The Morgan fingerprint density at radius 1 is 1.29 bits per heavy atom. The van der Waals surface area contributed by atoms with Crippen molar-refractivity contribution in [2.75, 3.05) is 6.54 Å². The zero-order valence-corrected chi connectivity index (χ0v) is 13.7. The summed E-state index contributed by atoms with van der Waals surface area (Å²) in [6.45, 7) is 4.03. The SMILES string of the molecule is CC(CCC(=O)O)CNC(=O)C(C)Oc1ccc(Br)cc1. The lowest BCUT2D eigenvalue weighted by Crippen LogP contribution is -2.38. The molecule has 0 aliphatic carbocycles. The highest BCUT2D eigenvalue weighted by molar-refractivity contribution is 9.10. The molecule has 0 saturated carbocycles. The molecule has 1 rings (SSSR count). The molecule has 0 fully saturated rings. The van der Waals surface area contributed by atoms with Crippen molar-refractivity contribution >= 4 is 27.8 Å². The van der Waals surface area contributed by atoms with E-state index in [9.17, 15) is 9.59 Å². The molecule has 2 unspecified atom stereocenters. The monoisotopic (exact) mass is 357 g/mol. The molecule has 2 atom stereocenters. The van der Waals surface area contributed by atoms with Crippen molar-refractivity contribution in [3.8, 4) is 5.75 Å². The third-order valence-electron chi connectivity index (χ3n) is 2.97. The van der Waals surface area contributed by atoms with E-state index in [1.165, 1.54) is 0 Å². The summed E-state index contributed by atoms with van der Waals surface area (Å²) in [7, 11) is 0. The van der Waals surface area contributed by atoms with Gasteiger partial charge in [-0.05, 0) is 43.5 Å². The summed E-state index contributed by atoms with van der Waals surface area (Å²) in [5.74, 6) is -0.287. The van der Waals surface area contributed by atoms with Crippen LogP contribution in [0.15, 0.2) is 28.7 Å². The van der Waals surface area contributed by atoms with Gasteiger partial charge in [-0.2, -0.15) is 0 Å². The van der Waals surface area contributed by atoms with Crippen LogP contribution in [0.3, 0.4) is 0 Å². The zero-order chi connectivity index (χ0) is 15.8. The van der Waals surface area contributed by atoms with Gasteiger partial charge >= 0.3 is 5.97 Å². The third-order valence-corrected chi connectivity index (χ3v) is 3.50. The van der Waals surface area contributed by atoms with E-state index in [0.717, 1.165) is 4.47 Å². The van der Waals surface area contributed by atoms with Crippen LogP contribution in [0.2, 0.25) is 0 Å². The second-order valence-electron chi connectivity index (χ2n) is 5.00. The fourth-order valence-corrected chi connectivity index (χ4v) is 1.93. The van der Waals surface area contributed by atoms with Gasteiger partial charge in [-0.25, -0.2) is 0 Å². The van der Waals surface area contributed by atoms with Gasteiger partial charge in [-0.15, -0.1) is 0 Å². The molecule has 1 aromatic rings. The number of ether oxygens (including phenoxy) is 1. The predicted molar refractivity (Wildman–Crippen MR) is 83.3 cm³/mol. The van der Waals surface area contributed by atoms with E-state index in [0.29, 0.717) is 18.7 Å². The molecule has 0 spiro atoms. The van der Waals surface area contributed by atoms with E-state index < -0.39 is 12.1 Å². The minimum absolute atomic E-state index is 0.113. The molecule has 1 aromatic carbocycles. The topological polar surface area (TPSA) is 75.6 Å². The maximum Gasteiger partial charge on any atom is 0.303 e. The van der Waals surface area contributed by atoms with E-state index in [1.807, 2.05) is 19.1 Å². The van der Waals surface area contributed by atoms with Crippen molar-refractivity contribution in [1.82, 2.24) is 5.32 Å². The molecule has 6 heteroatoms. The first-order chi connectivity index (χ1) is 9.88. The Morgan fingerprint density at radius 3 is 2.48 bits per heavy atom. The standard InChI is InChI=1S/C15H20BrNO4/c1-10(3-8-14(18)19)9-17-15(20)11(2)21-13-6-4-12(16)5-7-13/h4-7,10-11H,3,8-9H2,1-2H3,(H,17,20)(H,18,19). The van der Waals surface area contributed by atoms with Gasteiger partial charge in [0.25, 0.3) is 5.91 Å². The number of hydrogen-bond acceptors (Lipinski definition) is 3. The summed E-state index contributed by atoms with van der Waals surface area (Å²) in [4.78, 5) is 22.4. The predicted octanol–water partition coefficient (Wildman–Crippen LogP) is 2.83. The Kier molecular flexibility index (Phi) is 7.22. The first-order valence-electron chi connectivity index (χ1n) is 6.80. The van der Waals surface area contributed by atoms with Gasteiger partial charge in [0.05, 0.1) is 0 Å². The Balaban J connectivity index is 2.34. The molecule has 0 aromatic heterocycles. The number of carboxylic acid groups (broad SMARTS) is 1. The van der Waals surface area contributed by atoms with Crippen molar-refractivity contribution in [3.63, 3.8) is 0 Å². The van der Waals surface area contributed by atoms with Crippen LogP contribution in [-0.4, -0.2) is 29.6 Å². The minimum Gasteiger partial charge on any atom is -0.481 e. The van der Waals surface area contributed by atoms with E-state index >= 15 is 0 Å². The summed E-state index contributed by atoms with van der Waals surface area (Å²) >= 11 is 3.33. The van der Waals surface area contributed by atoms with Crippen LogP contribution in [0.4, 0.5) is 0 Å². The highest BCUT2D eigenvalue weighted by Gasteiger charge is 2.15. The molecule has 116 valence electrons. The molecular weight excluding hydrogens is 338 g/mol. The van der Waals surface area contributed by atoms with Gasteiger partial charge in [0.2, 0.25) is 0 Å². The normalized spacial score (nSPS) is 13.3. The number of carbonyl (C=O) groups excluding carboxylic acids is 1. The van der Waals surface area contributed by atoms with Crippen LogP contribution in [-0.2, 0) is 9.59 Å². The smallest absolute Gasteiger partial charge is 0.303 e. The fourth-order valence-electron chi connectivity index (χ4n) is 1.66. The summed E-state index contributed by atoms with van der Waals surface area (Å²) < 4.78 is 6.48. The molecule has 0 aliphatic rings. The zero-order valence-electron chi connectivity index (χ0n) is 12.1. The first kappa shape index (κ1) is 17.5. The highest BCUT2D eigenvalue weighted by atomic mass is 79.9. The summed E-state index contributed by atoms with van der Waals surface area (Å²) in [6, 6.07) is 7.24. The number of hydrogen-bond donors (Lipinski definition) is 2. The molecule has 5 nitrogen and oxygen atoms in total. The molecule has 1 amide bonds. The van der Waals surface area contributed by atoms with Gasteiger partial charge < -0.3 is 15.2 Å². The Labute approximate surface area is 132 Å². The van der Waals surface area contributed by atoms with Crippen molar-refractivity contribution in [2.24, 2.45) is 5.92 Å². The lowest BCUT2D eigenvalue weighted by Gasteiger charge is -2.17. The van der Waals surface area contributed by atoms with Gasteiger partial charge in [0.1, 0.15) is 5.75 Å². The lowest BCUT2D eigenvalue weighted by molar-refractivity contribution is -0.137. The van der Waals surface area contributed by atoms with E-state index in [2.05, 4.69) is 21.2 Å². The molecule has 0 saturated heterocycles. The number of rotatable bonds is 8. The minimum atomic E-state index is -0.819. The van der Waals surface area contributed by atoms with Crippen LogP contribution in [0, 0.1) is 5.92 Å². The van der Waals surface area contributed by atoms with Crippen LogP contribution in [0.25, 0.3) is 0 Å². The Morgan fingerprint density at radius 2 is 1.90 bits per heavy atom. The van der Waals surface area contributed by atoms with Gasteiger partial charge in [-0.3, -0.25) is 9.59 Å². The molecule has 0 aliphatic heterocycles. The lowest BCUT2D eigenvalue weighted by atomic mass is 10.1. The summed E-state index contributed by atoms with van der Waals surface area (Å²) in [5.41, 5.74) is 0. The molecule has 0 bridgehead atoms. The van der Waals surface area contributed by atoms with Crippen LogP contribution in [0.5, 0.6) is 5.75 Å². The Bertz CT molecular complexity index is 475. The second-order valence-corrected chi connectivity index (χ2v) is 5.91. The Hall–Kier alpha value is -1.56. The average Bonchev–Trinajstić information content (AvgIpc) is 2.44. The average molecular weight is 358 g/mol. The number of benzene rings is 1. The molecular formula is C15H20BrNO4. The molecule has 21 heavy (non-hydrogen) atoms. The largest absolute Gasteiger partial charge is 0.481 e. The molecule has 0 radical (unpaired) electrons. The highest BCUT2D eigenvalue weighted by Crippen LogP contribution is 2.17. The third kappa shape index (κ3) is 7.13. The molecule has 0 heterocycles. The van der Waals surface area contributed by atoms with Crippen molar-refractivity contribution in [1.29, 1.82) is 0 Å². The number of carboxylic acids is 1. The summed E-state index contributed by atoms with van der Waals surface area (Å²) in [5, 5.41) is 11.4. The van der Waals surface area contributed by atoms with Crippen LogP contribution < -0.4 is 10.1 Å². The first-order valence-corrected chi connectivity index (χ1v) is 7.59. The van der Waals surface area contributed by atoms with Crippen LogP contribution >= 0.6 is 15.9 Å². The number of nitrogens with one attached hydrogen (secondary N) is 1. The van der Waals surface area contributed by atoms with E-state index in [1.54, 1.807) is 19.1 Å². The van der Waals surface area contributed by atoms with E-state index in [-0.39, 0.29) is 18.2 Å². The number of carbonyl (C=O) groups is 2. The molecule has 2 N–H and O–H groups in total. The quantitative estimate of drug-likeness (QED) is 0.749. The van der Waals surface area contributed by atoms with Crippen molar-refractivity contribution in [2.45, 2.75) is 32.8 Å². The van der Waals surface area contributed by atoms with Gasteiger partial charge in [0, 0.05) is 17.4 Å². The van der Waals surface area contributed by atoms with Crippen molar-refractivity contribution < 1.29 is 19.4 Å². The summed E-state index contributed by atoms with van der Waals surface area (Å²) in [6.07, 6.45) is 0.0531. The van der Waals surface area contributed by atoms with Gasteiger partial charge in [0.15, 0.2) is 6.10 Å². The maximum atomic E-state index is 11.9. The fraction of sp³-hybridized carbons (Fsp3) is 0.467. The number of amides is 1. The van der Waals surface area contributed by atoms with Crippen LogP contribution in [0.1, 0.15) is 26.7 Å². The maximum absolute atomic E-state index is 11.9. The van der Waals surface area contributed by atoms with E-state index in [4.69, 9.17) is 9.84 Å². The second kappa shape index (κ2) is 8.67. The number of aliphatic carboxylic acids is 1. The van der Waals surface area contributed by atoms with Crippen molar-refractivity contribution in [3.05, 3.63) is 28.7 Å². The van der Waals surface area contributed by atoms with Gasteiger partial charge in [-0.1, -0.05) is 22.9 Å².